The average Bonchev–Trinajstić information content (AvgIpc) is 2.85. The molecule has 0 aliphatic carbocycles. The number of aromatic nitrogens is 2. The van der Waals surface area contributed by atoms with E-state index in [1.165, 1.54) is 18.2 Å². The van der Waals surface area contributed by atoms with Crippen LogP contribution in [-0.4, -0.2) is 15.7 Å². The van der Waals surface area contributed by atoms with E-state index in [-0.39, 0.29) is 11.3 Å². The third kappa shape index (κ3) is 4.11. The summed E-state index contributed by atoms with van der Waals surface area (Å²) in [5.41, 5.74) is 0.956. The van der Waals surface area contributed by atoms with E-state index in [0.717, 1.165) is 17.8 Å². The quantitative estimate of drug-likeness (QED) is 0.658. The lowest BCUT2D eigenvalue weighted by Crippen LogP contribution is -2.14. The summed E-state index contributed by atoms with van der Waals surface area (Å²) in [6.45, 7) is 6.12. The highest BCUT2D eigenvalue weighted by Crippen LogP contribution is 2.30. The van der Waals surface area contributed by atoms with E-state index in [1.807, 2.05) is 13.8 Å². The van der Waals surface area contributed by atoms with Gasteiger partial charge in [0.05, 0.1) is 11.3 Å². The van der Waals surface area contributed by atoms with E-state index >= 15 is 0 Å². The summed E-state index contributed by atoms with van der Waals surface area (Å²) in [4.78, 5) is 12.3. The van der Waals surface area contributed by atoms with Crippen LogP contribution in [-0.2, 0) is 17.5 Å². The molecule has 0 saturated carbocycles. The van der Waals surface area contributed by atoms with Crippen LogP contribution in [0.25, 0.3) is 6.08 Å². The molecule has 1 heterocycles. The fourth-order valence-electron chi connectivity index (χ4n) is 2.49. The topological polar surface area (TPSA) is 70.7 Å². The number of nitrogens with zero attached hydrogens (tertiary/aromatic N) is 3. The molecule has 0 spiro atoms. The zero-order valence-electron chi connectivity index (χ0n) is 14.5. The van der Waals surface area contributed by atoms with Gasteiger partial charge in [-0.25, -0.2) is 0 Å². The number of benzene rings is 1. The normalized spacial score (nSPS) is 12.0. The molecule has 0 radical (unpaired) electrons. The maximum absolute atomic E-state index is 12.8. The summed E-state index contributed by atoms with van der Waals surface area (Å²) in [7, 11) is 0. The molecule has 0 unspecified atom stereocenters. The largest absolute Gasteiger partial charge is 0.416 e. The SMILES string of the molecule is CCn1nc(C)c(C=C(C#N)C(=O)Nc2cccc(C(F)(F)F)c2)c1C. The summed E-state index contributed by atoms with van der Waals surface area (Å²) in [5, 5.41) is 15.9. The van der Waals surface area contributed by atoms with Crippen LogP contribution in [0.1, 0.15) is 29.4 Å². The van der Waals surface area contributed by atoms with E-state index < -0.39 is 17.6 Å². The van der Waals surface area contributed by atoms with Crippen LogP contribution < -0.4 is 5.32 Å². The Labute approximate surface area is 148 Å². The monoisotopic (exact) mass is 362 g/mol. The van der Waals surface area contributed by atoms with Gasteiger partial charge in [-0.2, -0.15) is 23.5 Å². The zero-order chi connectivity index (χ0) is 19.5. The number of hydrogen-bond donors (Lipinski definition) is 1. The van der Waals surface area contributed by atoms with Gasteiger partial charge in [0, 0.05) is 23.5 Å². The Bertz CT molecular complexity index is 904. The molecule has 0 atom stereocenters. The van der Waals surface area contributed by atoms with E-state index in [2.05, 4.69) is 10.4 Å². The van der Waals surface area contributed by atoms with Gasteiger partial charge in [0.15, 0.2) is 0 Å². The third-order valence-electron chi connectivity index (χ3n) is 3.84. The van der Waals surface area contributed by atoms with Gasteiger partial charge >= 0.3 is 6.18 Å². The van der Waals surface area contributed by atoms with Gasteiger partial charge in [0.1, 0.15) is 11.6 Å². The Kier molecular flexibility index (Phi) is 5.50. The number of hydrogen-bond acceptors (Lipinski definition) is 3. The lowest BCUT2D eigenvalue weighted by Gasteiger charge is -2.09. The minimum atomic E-state index is -4.52. The Morgan fingerprint density at radius 2 is 2.08 bits per heavy atom. The number of alkyl halides is 3. The molecule has 1 aromatic carbocycles. The molecule has 0 bridgehead atoms. The first-order valence-corrected chi connectivity index (χ1v) is 7.81. The van der Waals surface area contributed by atoms with Gasteiger partial charge in [0.25, 0.3) is 5.91 Å². The minimum Gasteiger partial charge on any atom is -0.321 e. The molecule has 0 fully saturated rings. The molecule has 0 saturated heterocycles. The van der Waals surface area contributed by atoms with Crippen LogP contribution in [0, 0.1) is 25.2 Å². The summed E-state index contributed by atoms with van der Waals surface area (Å²) in [5.74, 6) is -0.783. The summed E-state index contributed by atoms with van der Waals surface area (Å²) in [6, 6.07) is 6.03. The Hall–Kier alpha value is -3.08. The fourth-order valence-corrected chi connectivity index (χ4v) is 2.49. The first-order chi connectivity index (χ1) is 12.2. The van der Waals surface area contributed by atoms with Crippen molar-refractivity contribution < 1.29 is 18.0 Å². The van der Waals surface area contributed by atoms with Gasteiger partial charge in [-0.05, 0) is 45.0 Å². The molecule has 2 aromatic rings. The molecule has 5 nitrogen and oxygen atoms in total. The molecule has 2 rings (SSSR count). The highest BCUT2D eigenvalue weighted by atomic mass is 19.4. The highest BCUT2D eigenvalue weighted by molar-refractivity contribution is 6.09. The number of nitriles is 1. The van der Waals surface area contributed by atoms with Crippen molar-refractivity contribution in [3.63, 3.8) is 0 Å². The van der Waals surface area contributed by atoms with Crippen molar-refractivity contribution >= 4 is 17.7 Å². The molecule has 1 amide bonds. The number of amides is 1. The van der Waals surface area contributed by atoms with Crippen molar-refractivity contribution in [2.45, 2.75) is 33.5 Å². The molecule has 136 valence electrons. The zero-order valence-corrected chi connectivity index (χ0v) is 14.5. The average molecular weight is 362 g/mol. The molecular formula is C18H17F3N4O. The van der Waals surface area contributed by atoms with E-state index in [9.17, 15) is 23.2 Å². The van der Waals surface area contributed by atoms with E-state index in [1.54, 1.807) is 17.7 Å². The second kappa shape index (κ2) is 7.44. The molecule has 0 aliphatic rings. The van der Waals surface area contributed by atoms with Crippen molar-refractivity contribution in [1.29, 1.82) is 5.26 Å². The number of nitrogens with one attached hydrogen (secondary N) is 1. The van der Waals surface area contributed by atoms with Crippen molar-refractivity contribution in [1.82, 2.24) is 9.78 Å². The van der Waals surface area contributed by atoms with Gasteiger partial charge in [-0.1, -0.05) is 6.07 Å². The number of carbonyl (C=O) groups is 1. The number of anilines is 1. The van der Waals surface area contributed by atoms with Crippen LogP contribution in [0.3, 0.4) is 0 Å². The van der Waals surface area contributed by atoms with Gasteiger partial charge in [0.2, 0.25) is 0 Å². The second-order valence-electron chi connectivity index (χ2n) is 5.60. The van der Waals surface area contributed by atoms with Crippen LogP contribution in [0.2, 0.25) is 0 Å². The van der Waals surface area contributed by atoms with Crippen molar-refractivity contribution in [2.24, 2.45) is 0 Å². The van der Waals surface area contributed by atoms with Crippen LogP contribution >= 0.6 is 0 Å². The first-order valence-electron chi connectivity index (χ1n) is 7.81. The predicted octanol–water partition coefficient (Wildman–Crippen LogP) is 4.08. The minimum absolute atomic E-state index is 0.0383. The number of rotatable bonds is 4. The third-order valence-corrected chi connectivity index (χ3v) is 3.84. The number of halogens is 3. The number of aryl methyl sites for hydroxylation is 2. The van der Waals surface area contributed by atoms with E-state index in [4.69, 9.17) is 0 Å². The molecule has 1 N–H and O–H groups in total. The van der Waals surface area contributed by atoms with Crippen molar-refractivity contribution in [2.75, 3.05) is 5.32 Å². The number of carbonyl (C=O) groups excluding carboxylic acids is 1. The Balaban J connectivity index is 2.31. The molecule has 0 aliphatic heterocycles. The van der Waals surface area contributed by atoms with Crippen LogP contribution in [0.4, 0.5) is 18.9 Å². The lowest BCUT2D eigenvalue weighted by atomic mass is 10.1. The maximum atomic E-state index is 12.8. The van der Waals surface area contributed by atoms with Gasteiger partial charge < -0.3 is 5.32 Å². The molecular weight excluding hydrogens is 345 g/mol. The van der Waals surface area contributed by atoms with Crippen molar-refractivity contribution in [3.05, 3.63) is 52.4 Å². The maximum Gasteiger partial charge on any atom is 0.416 e. The Morgan fingerprint density at radius 1 is 1.38 bits per heavy atom. The smallest absolute Gasteiger partial charge is 0.321 e. The molecule has 26 heavy (non-hydrogen) atoms. The first kappa shape index (κ1) is 19.2. The second-order valence-corrected chi connectivity index (χ2v) is 5.60. The fraction of sp³-hybridized carbons (Fsp3) is 0.278. The summed E-state index contributed by atoms with van der Waals surface area (Å²) in [6.07, 6.45) is -3.12. The Morgan fingerprint density at radius 3 is 2.62 bits per heavy atom. The summed E-state index contributed by atoms with van der Waals surface area (Å²) < 4.78 is 40.0. The standard InChI is InChI=1S/C18H17F3N4O/c1-4-25-12(3)16(11(2)24-25)8-13(10-22)17(26)23-15-7-5-6-14(9-15)18(19,20)21/h5-9H,4H2,1-3H3,(H,23,26). The van der Waals surface area contributed by atoms with Crippen LogP contribution in [0.15, 0.2) is 29.8 Å². The lowest BCUT2D eigenvalue weighted by molar-refractivity contribution is -0.137. The highest BCUT2D eigenvalue weighted by Gasteiger charge is 2.30. The van der Waals surface area contributed by atoms with Crippen LogP contribution in [0.5, 0.6) is 0 Å². The van der Waals surface area contributed by atoms with Gasteiger partial charge in [-0.3, -0.25) is 9.48 Å². The van der Waals surface area contributed by atoms with Gasteiger partial charge in [-0.15, -0.1) is 0 Å². The van der Waals surface area contributed by atoms with E-state index in [0.29, 0.717) is 17.8 Å². The molecule has 8 heteroatoms. The summed E-state index contributed by atoms with van der Waals surface area (Å²) >= 11 is 0. The predicted molar refractivity (Wildman–Crippen MR) is 91.0 cm³/mol. The van der Waals surface area contributed by atoms with Crippen molar-refractivity contribution in [3.8, 4) is 6.07 Å². The molecule has 1 aromatic heterocycles.